The second-order valence-electron chi connectivity index (χ2n) is 4.45. The van der Waals surface area contributed by atoms with E-state index in [0.717, 1.165) is 0 Å². The van der Waals surface area contributed by atoms with E-state index in [-0.39, 0.29) is 19.2 Å². The molecule has 0 bridgehead atoms. The fraction of sp³-hybridized carbons (Fsp3) is 0.462. The van der Waals surface area contributed by atoms with Crippen LogP contribution < -0.4 is 9.47 Å². The van der Waals surface area contributed by atoms with Crippen molar-refractivity contribution < 1.29 is 19.0 Å². The van der Waals surface area contributed by atoms with Gasteiger partial charge in [-0.1, -0.05) is 0 Å². The van der Waals surface area contributed by atoms with Crippen LogP contribution in [0.3, 0.4) is 0 Å². The summed E-state index contributed by atoms with van der Waals surface area (Å²) in [7, 11) is 0. The second kappa shape index (κ2) is 4.37. The maximum Gasteiger partial charge on any atom is 0.231 e. The van der Waals surface area contributed by atoms with Crippen LogP contribution in [0.2, 0.25) is 0 Å². The summed E-state index contributed by atoms with van der Waals surface area (Å²) in [5, 5.41) is 0. The fourth-order valence-corrected chi connectivity index (χ4v) is 1.76. The van der Waals surface area contributed by atoms with Crippen LogP contribution in [0.15, 0.2) is 18.2 Å². The Morgan fingerprint density at radius 3 is 2.94 bits per heavy atom. The van der Waals surface area contributed by atoms with Crippen molar-refractivity contribution in [1.82, 2.24) is 0 Å². The zero-order valence-electron chi connectivity index (χ0n) is 9.48. The van der Waals surface area contributed by atoms with E-state index in [1.807, 2.05) is 0 Å². The van der Waals surface area contributed by atoms with Crippen LogP contribution in [0, 0.1) is 5.92 Å². The van der Waals surface area contributed by atoms with Crippen LogP contribution >= 0.6 is 0 Å². The lowest BCUT2D eigenvalue weighted by Gasteiger charge is -2.03. The highest BCUT2D eigenvalue weighted by molar-refractivity contribution is 5.97. The van der Waals surface area contributed by atoms with Crippen LogP contribution in [-0.2, 0) is 4.74 Å². The minimum atomic E-state index is -0.0102. The fourth-order valence-electron chi connectivity index (χ4n) is 1.76. The molecule has 1 aliphatic heterocycles. The normalized spacial score (nSPS) is 17.2. The minimum Gasteiger partial charge on any atom is -0.454 e. The van der Waals surface area contributed by atoms with Gasteiger partial charge in [0.15, 0.2) is 17.3 Å². The Kier molecular flexibility index (Phi) is 2.73. The van der Waals surface area contributed by atoms with Crippen molar-refractivity contribution in [2.45, 2.75) is 12.8 Å². The molecule has 0 spiro atoms. The Hall–Kier alpha value is -1.55. The highest BCUT2D eigenvalue weighted by Crippen LogP contribution is 2.32. The molecule has 1 aliphatic carbocycles. The number of fused-ring (bicyclic) bond motifs is 1. The molecule has 0 unspecified atom stereocenters. The molecule has 1 aromatic carbocycles. The van der Waals surface area contributed by atoms with Gasteiger partial charge < -0.3 is 14.2 Å². The highest BCUT2D eigenvalue weighted by atomic mass is 16.7. The van der Waals surface area contributed by atoms with Crippen molar-refractivity contribution >= 4 is 5.78 Å². The van der Waals surface area contributed by atoms with Crippen molar-refractivity contribution in [2.24, 2.45) is 5.92 Å². The molecule has 0 atom stereocenters. The molecule has 0 aromatic heterocycles. The lowest BCUT2D eigenvalue weighted by molar-refractivity contribution is 0.0739. The van der Waals surface area contributed by atoms with Gasteiger partial charge in [0.1, 0.15) is 6.61 Å². The summed E-state index contributed by atoms with van der Waals surface area (Å²) >= 11 is 0. The van der Waals surface area contributed by atoms with Crippen molar-refractivity contribution in [3.63, 3.8) is 0 Å². The molecule has 17 heavy (non-hydrogen) atoms. The molecular formula is C13H14O4. The van der Waals surface area contributed by atoms with E-state index in [1.165, 1.54) is 12.8 Å². The molecular weight excluding hydrogens is 220 g/mol. The van der Waals surface area contributed by atoms with E-state index in [9.17, 15) is 4.79 Å². The Morgan fingerprint density at radius 2 is 2.12 bits per heavy atom. The minimum absolute atomic E-state index is 0.0102. The second-order valence-corrected chi connectivity index (χ2v) is 4.45. The molecule has 0 amide bonds. The van der Waals surface area contributed by atoms with E-state index in [0.29, 0.717) is 29.6 Å². The zero-order chi connectivity index (χ0) is 11.7. The van der Waals surface area contributed by atoms with Crippen molar-refractivity contribution in [3.8, 4) is 11.5 Å². The summed E-state index contributed by atoms with van der Waals surface area (Å²) in [6.45, 7) is 1.08. The third-order valence-corrected chi connectivity index (χ3v) is 2.98. The first-order valence-corrected chi connectivity index (χ1v) is 5.83. The molecule has 1 fully saturated rings. The summed E-state index contributed by atoms with van der Waals surface area (Å²) < 4.78 is 15.8. The van der Waals surface area contributed by atoms with Gasteiger partial charge in [0, 0.05) is 5.56 Å². The third-order valence-electron chi connectivity index (χ3n) is 2.98. The Balaban J connectivity index is 1.60. The van der Waals surface area contributed by atoms with Gasteiger partial charge in [0.2, 0.25) is 6.79 Å². The number of ether oxygens (including phenoxy) is 3. The number of rotatable bonds is 5. The number of ketones is 1. The predicted molar refractivity (Wildman–Crippen MR) is 60.4 cm³/mol. The molecule has 0 saturated heterocycles. The van der Waals surface area contributed by atoms with Gasteiger partial charge >= 0.3 is 0 Å². The molecule has 2 aliphatic rings. The lowest BCUT2D eigenvalue weighted by atomic mass is 10.1. The van der Waals surface area contributed by atoms with Crippen molar-refractivity contribution in [3.05, 3.63) is 23.8 Å². The molecule has 3 rings (SSSR count). The van der Waals surface area contributed by atoms with E-state index in [1.54, 1.807) is 18.2 Å². The molecule has 1 saturated carbocycles. The molecule has 4 heteroatoms. The van der Waals surface area contributed by atoms with Crippen molar-refractivity contribution in [1.29, 1.82) is 0 Å². The smallest absolute Gasteiger partial charge is 0.231 e. The van der Waals surface area contributed by atoms with Gasteiger partial charge in [0.05, 0.1) is 6.61 Å². The summed E-state index contributed by atoms with van der Waals surface area (Å²) in [6, 6.07) is 5.22. The average Bonchev–Trinajstić information content (AvgIpc) is 3.04. The zero-order valence-corrected chi connectivity index (χ0v) is 9.48. The number of hydrogen-bond acceptors (Lipinski definition) is 4. The standard InChI is InChI=1S/C13H14O4/c14-11(7-15-6-9-1-2-9)10-3-4-12-13(5-10)17-8-16-12/h3-5,9H,1-2,6-8H2. The van der Waals surface area contributed by atoms with E-state index >= 15 is 0 Å². The number of carbonyl (C=O) groups is 1. The van der Waals surface area contributed by atoms with Crippen LogP contribution in [-0.4, -0.2) is 25.8 Å². The summed E-state index contributed by atoms with van der Waals surface area (Å²) in [4.78, 5) is 11.8. The van der Waals surface area contributed by atoms with Gasteiger partial charge in [-0.05, 0) is 37.0 Å². The highest BCUT2D eigenvalue weighted by Gasteiger charge is 2.22. The predicted octanol–water partition coefficient (Wildman–Crippen LogP) is 2.02. The number of carbonyl (C=O) groups excluding carboxylic acids is 1. The number of hydrogen-bond donors (Lipinski definition) is 0. The average molecular weight is 234 g/mol. The Bertz CT molecular complexity index is 437. The molecule has 0 N–H and O–H groups in total. The molecule has 4 nitrogen and oxygen atoms in total. The Labute approximate surface area is 99.5 Å². The molecule has 0 radical (unpaired) electrons. The lowest BCUT2D eigenvalue weighted by Crippen LogP contribution is -2.10. The molecule has 1 aromatic rings. The van der Waals surface area contributed by atoms with Crippen LogP contribution in [0.1, 0.15) is 23.2 Å². The van der Waals surface area contributed by atoms with Gasteiger partial charge in [-0.2, -0.15) is 0 Å². The van der Waals surface area contributed by atoms with Gasteiger partial charge in [0.25, 0.3) is 0 Å². The topological polar surface area (TPSA) is 44.8 Å². The van der Waals surface area contributed by atoms with Gasteiger partial charge in [-0.3, -0.25) is 4.79 Å². The van der Waals surface area contributed by atoms with E-state index < -0.39 is 0 Å². The quantitative estimate of drug-likeness (QED) is 0.731. The van der Waals surface area contributed by atoms with Crippen molar-refractivity contribution in [2.75, 3.05) is 20.0 Å². The first-order valence-electron chi connectivity index (χ1n) is 5.83. The third kappa shape index (κ3) is 2.42. The Morgan fingerprint density at radius 1 is 1.29 bits per heavy atom. The van der Waals surface area contributed by atoms with Crippen LogP contribution in [0.25, 0.3) is 0 Å². The SMILES string of the molecule is O=C(COCC1CC1)c1ccc2c(c1)OCO2. The first-order chi connectivity index (χ1) is 8.33. The monoisotopic (exact) mass is 234 g/mol. The van der Waals surface area contributed by atoms with E-state index in [4.69, 9.17) is 14.2 Å². The summed E-state index contributed by atoms with van der Waals surface area (Å²) in [5.41, 5.74) is 0.616. The summed E-state index contributed by atoms with van der Waals surface area (Å²) in [6.07, 6.45) is 2.47. The van der Waals surface area contributed by atoms with Crippen LogP contribution in [0.5, 0.6) is 11.5 Å². The maximum atomic E-state index is 11.8. The van der Waals surface area contributed by atoms with Gasteiger partial charge in [-0.15, -0.1) is 0 Å². The summed E-state index contributed by atoms with van der Waals surface area (Å²) in [5.74, 6) is 2.00. The largest absolute Gasteiger partial charge is 0.454 e. The van der Waals surface area contributed by atoms with Gasteiger partial charge in [-0.25, -0.2) is 0 Å². The van der Waals surface area contributed by atoms with E-state index in [2.05, 4.69) is 0 Å². The molecule has 1 heterocycles. The number of benzene rings is 1. The maximum absolute atomic E-state index is 11.8. The number of Topliss-reactive ketones (excluding diaryl/α,β-unsaturated/α-hetero) is 1. The van der Waals surface area contributed by atoms with Crippen LogP contribution in [0.4, 0.5) is 0 Å². The molecule has 90 valence electrons. The first kappa shape index (κ1) is 10.6.